The van der Waals surface area contributed by atoms with E-state index in [0.717, 1.165) is 12.8 Å². The number of rotatable bonds is 7. The highest BCUT2D eigenvalue weighted by atomic mass is 32.2. The van der Waals surface area contributed by atoms with Gasteiger partial charge in [-0.1, -0.05) is 0 Å². The number of amides is 1. The minimum absolute atomic E-state index is 0.0130. The third kappa shape index (κ3) is 5.53. The Bertz CT molecular complexity index is 861. The molecular weight excluding hydrogens is 372 g/mol. The summed E-state index contributed by atoms with van der Waals surface area (Å²) < 4.78 is 33.4. The molecule has 1 saturated carbocycles. The van der Waals surface area contributed by atoms with Gasteiger partial charge in [0, 0.05) is 6.42 Å². The fourth-order valence-electron chi connectivity index (χ4n) is 2.88. The summed E-state index contributed by atoms with van der Waals surface area (Å²) >= 11 is 0. The maximum atomic E-state index is 11.9. The van der Waals surface area contributed by atoms with Gasteiger partial charge in [-0.2, -0.15) is 5.10 Å². The van der Waals surface area contributed by atoms with E-state index >= 15 is 0 Å². The Labute approximate surface area is 157 Å². The smallest absolute Gasteiger partial charge is 0.314 e. The van der Waals surface area contributed by atoms with Crippen molar-refractivity contribution in [2.24, 2.45) is 16.9 Å². The van der Waals surface area contributed by atoms with Gasteiger partial charge in [0.05, 0.1) is 30.7 Å². The molecule has 146 valence electrons. The second-order valence-electron chi connectivity index (χ2n) is 6.87. The molecular formula is C18H22N2O6S. The molecule has 0 spiro atoms. The normalized spacial score (nSPS) is 21.1. The Balaban J connectivity index is 1.53. The number of hydrazone groups is 1. The molecule has 2 aliphatic rings. The summed E-state index contributed by atoms with van der Waals surface area (Å²) in [5.41, 5.74) is 3.06. The first-order chi connectivity index (χ1) is 12.9. The van der Waals surface area contributed by atoms with Gasteiger partial charge in [0.25, 0.3) is 0 Å². The van der Waals surface area contributed by atoms with Crippen LogP contribution >= 0.6 is 0 Å². The summed E-state index contributed by atoms with van der Waals surface area (Å²) in [6.45, 7) is 0. The fraction of sp³-hybridized carbons (Fsp3) is 0.500. The van der Waals surface area contributed by atoms with Crippen LogP contribution in [0.25, 0.3) is 0 Å². The van der Waals surface area contributed by atoms with E-state index in [0.29, 0.717) is 23.5 Å². The van der Waals surface area contributed by atoms with Gasteiger partial charge in [0.1, 0.15) is 0 Å². The molecule has 0 aromatic heterocycles. The Morgan fingerprint density at radius 3 is 2.67 bits per heavy atom. The van der Waals surface area contributed by atoms with Gasteiger partial charge in [-0.05, 0) is 48.9 Å². The molecule has 1 atom stereocenters. The van der Waals surface area contributed by atoms with Gasteiger partial charge in [-0.15, -0.1) is 0 Å². The Kier molecular flexibility index (Phi) is 5.79. The minimum atomic E-state index is -2.99. The predicted molar refractivity (Wildman–Crippen MR) is 98.5 cm³/mol. The number of sulfone groups is 1. The Hall–Kier alpha value is -2.42. The highest BCUT2D eigenvalue weighted by molar-refractivity contribution is 7.91. The zero-order valence-corrected chi connectivity index (χ0v) is 15.8. The second-order valence-corrected chi connectivity index (χ2v) is 9.10. The lowest BCUT2D eigenvalue weighted by Crippen LogP contribution is -2.21. The lowest BCUT2D eigenvalue weighted by atomic mass is 10.1. The van der Waals surface area contributed by atoms with Crippen LogP contribution in [0.2, 0.25) is 0 Å². The summed E-state index contributed by atoms with van der Waals surface area (Å²) in [5.74, 6) is 0.208. The van der Waals surface area contributed by atoms with Crippen molar-refractivity contribution in [1.29, 1.82) is 0 Å². The monoisotopic (exact) mass is 394 g/mol. The second kappa shape index (κ2) is 8.08. The molecule has 1 saturated heterocycles. The van der Waals surface area contributed by atoms with Crippen molar-refractivity contribution in [2.75, 3.05) is 18.6 Å². The van der Waals surface area contributed by atoms with Crippen molar-refractivity contribution in [3.8, 4) is 11.5 Å². The van der Waals surface area contributed by atoms with Crippen molar-refractivity contribution in [3.63, 3.8) is 0 Å². The fourth-order valence-corrected chi connectivity index (χ4v) is 4.74. The molecule has 0 bridgehead atoms. The molecule has 1 heterocycles. The molecule has 1 aromatic rings. The van der Waals surface area contributed by atoms with E-state index in [1.165, 1.54) is 13.3 Å². The first kappa shape index (κ1) is 19.3. The maximum Gasteiger partial charge on any atom is 0.314 e. The maximum absolute atomic E-state index is 11.9. The third-order valence-electron chi connectivity index (χ3n) is 4.51. The summed E-state index contributed by atoms with van der Waals surface area (Å²) in [5, 5.41) is 3.89. The van der Waals surface area contributed by atoms with Gasteiger partial charge in [0.15, 0.2) is 21.3 Å². The molecule has 1 aromatic carbocycles. The van der Waals surface area contributed by atoms with Crippen LogP contribution in [0.5, 0.6) is 11.5 Å². The molecule has 27 heavy (non-hydrogen) atoms. The topological polar surface area (TPSA) is 111 Å². The summed E-state index contributed by atoms with van der Waals surface area (Å²) in [6.07, 6.45) is 3.81. The number of nitrogens with one attached hydrogen (secondary N) is 1. The quantitative estimate of drug-likeness (QED) is 0.323. The van der Waals surface area contributed by atoms with Gasteiger partial charge < -0.3 is 9.47 Å². The first-order valence-corrected chi connectivity index (χ1v) is 10.6. The van der Waals surface area contributed by atoms with Crippen molar-refractivity contribution in [3.05, 3.63) is 23.8 Å². The molecule has 3 rings (SSSR count). The molecule has 1 aliphatic carbocycles. The van der Waals surface area contributed by atoms with Crippen LogP contribution < -0.4 is 14.9 Å². The molecule has 1 N–H and O–H groups in total. The van der Waals surface area contributed by atoms with Gasteiger partial charge in [0.2, 0.25) is 5.91 Å². The van der Waals surface area contributed by atoms with Crippen molar-refractivity contribution >= 4 is 27.9 Å². The van der Waals surface area contributed by atoms with E-state index in [9.17, 15) is 18.0 Å². The van der Waals surface area contributed by atoms with Crippen LogP contribution in [0, 0.1) is 11.8 Å². The molecule has 2 fully saturated rings. The van der Waals surface area contributed by atoms with E-state index in [4.69, 9.17) is 9.47 Å². The molecule has 8 nitrogen and oxygen atoms in total. The van der Waals surface area contributed by atoms with E-state index in [1.807, 2.05) is 0 Å². The van der Waals surface area contributed by atoms with E-state index in [2.05, 4.69) is 10.5 Å². The summed E-state index contributed by atoms with van der Waals surface area (Å²) in [6, 6.07) is 4.96. The van der Waals surface area contributed by atoms with Crippen molar-refractivity contribution in [2.45, 2.75) is 25.7 Å². The Morgan fingerprint density at radius 2 is 2.04 bits per heavy atom. The van der Waals surface area contributed by atoms with E-state index in [-0.39, 0.29) is 41.6 Å². The number of ether oxygens (including phenoxy) is 2. The number of esters is 1. The highest BCUT2D eigenvalue weighted by Gasteiger charge is 2.32. The number of carbonyl (C=O) groups is 2. The van der Waals surface area contributed by atoms with Gasteiger partial charge in [-0.25, -0.2) is 13.8 Å². The summed E-state index contributed by atoms with van der Waals surface area (Å²) in [4.78, 5) is 23.6. The number of benzene rings is 1. The van der Waals surface area contributed by atoms with Crippen LogP contribution in [0.3, 0.4) is 0 Å². The zero-order chi connectivity index (χ0) is 19.4. The number of hydrogen-bond donors (Lipinski definition) is 1. The van der Waals surface area contributed by atoms with Crippen LogP contribution in [0.15, 0.2) is 23.3 Å². The van der Waals surface area contributed by atoms with Crippen LogP contribution in [-0.4, -0.2) is 45.1 Å². The van der Waals surface area contributed by atoms with Gasteiger partial charge in [-0.3, -0.25) is 9.59 Å². The average Bonchev–Trinajstić information content (AvgIpc) is 3.41. The van der Waals surface area contributed by atoms with Gasteiger partial charge >= 0.3 is 5.97 Å². The molecule has 1 aliphatic heterocycles. The van der Waals surface area contributed by atoms with Crippen molar-refractivity contribution < 1.29 is 27.5 Å². The summed E-state index contributed by atoms with van der Waals surface area (Å²) in [7, 11) is -1.52. The lowest BCUT2D eigenvalue weighted by molar-refractivity contribution is -0.135. The number of hydrogen-bond acceptors (Lipinski definition) is 7. The third-order valence-corrected chi connectivity index (χ3v) is 6.35. The zero-order valence-electron chi connectivity index (χ0n) is 15.0. The predicted octanol–water partition coefficient (Wildman–Crippen LogP) is 1.29. The molecule has 0 radical (unpaired) electrons. The highest BCUT2D eigenvalue weighted by Crippen LogP contribution is 2.34. The largest absolute Gasteiger partial charge is 0.493 e. The van der Waals surface area contributed by atoms with Crippen LogP contribution in [0.4, 0.5) is 0 Å². The molecule has 1 amide bonds. The lowest BCUT2D eigenvalue weighted by Gasteiger charge is -2.09. The average molecular weight is 394 g/mol. The van der Waals surface area contributed by atoms with E-state index < -0.39 is 9.84 Å². The first-order valence-electron chi connectivity index (χ1n) is 8.78. The number of methoxy groups -OCH3 is 1. The molecule has 9 heteroatoms. The van der Waals surface area contributed by atoms with Crippen LogP contribution in [0.1, 0.15) is 31.2 Å². The number of nitrogens with zero attached hydrogens (tertiary/aromatic N) is 1. The SMILES string of the molecule is COc1cc(/C=N\NC(=O)C[C@@H]2CCS(=O)(=O)C2)ccc1OC(=O)C1CC1. The minimum Gasteiger partial charge on any atom is -0.493 e. The van der Waals surface area contributed by atoms with Crippen LogP contribution in [-0.2, 0) is 19.4 Å². The van der Waals surface area contributed by atoms with Crippen molar-refractivity contribution in [1.82, 2.24) is 5.43 Å². The Morgan fingerprint density at radius 1 is 1.26 bits per heavy atom. The number of carbonyl (C=O) groups excluding carboxylic acids is 2. The van der Waals surface area contributed by atoms with E-state index in [1.54, 1.807) is 18.2 Å². The standard InChI is InChI=1S/C18H22N2O6S/c1-25-16-8-12(2-5-15(16)26-18(22)14-3-4-14)10-19-20-17(21)9-13-6-7-27(23,24)11-13/h2,5,8,10,13-14H,3-4,6-7,9,11H2,1H3,(H,20,21)/b19-10-/t13-/m0/s1. The molecule has 0 unspecified atom stereocenters.